The standard InChI is InChI=1S/C23H24N2O6S2/c26-13(27)6-2-1-3-7-25-21(28)15-10-9-11(16(15)22(25)29)18-14(10)17(12-5-4-8-31-12)19-20(32-18)24-23(30)33-19/h4-5,8,10-11,14-18H,1-3,6-7,9H2,(H,24,30)(H,26,27). The molecule has 0 spiro atoms. The molecule has 33 heavy (non-hydrogen) atoms. The molecule has 174 valence electrons. The summed E-state index contributed by atoms with van der Waals surface area (Å²) in [6, 6.07) is 3.80. The highest BCUT2D eigenvalue weighted by Gasteiger charge is 2.69. The Kier molecular flexibility index (Phi) is 5.06. The van der Waals surface area contributed by atoms with E-state index < -0.39 is 5.97 Å². The Morgan fingerprint density at radius 3 is 2.67 bits per heavy atom. The molecule has 2 aliphatic heterocycles. The van der Waals surface area contributed by atoms with Crippen LogP contribution in [0.3, 0.4) is 0 Å². The van der Waals surface area contributed by atoms with E-state index in [1.165, 1.54) is 16.2 Å². The van der Waals surface area contributed by atoms with Gasteiger partial charge in [0.05, 0.1) is 33.9 Å². The summed E-state index contributed by atoms with van der Waals surface area (Å²) >= 11 is 2.89. The quantitative estimate of drug-likeness (QED) is 0.454. The number of carboxylic acid groups (broad SMARTS) is 1. The number of nitrogens with one attached hydrogen (secondary N) is 1. The Hall–Kier alpha value is -2.33. The summed E-state index contributed by atoms with van der Waals surface area (Å²) in [6.45, 7) is 0.370. The average molecular weight is 489 g/mol. The number of thioether (sulfide) groups is 1. The molecule has 6 rings (SSSR count). The number of H-pyrrole nitrogens is 1. The van der Waals surface area contributed by atoms with Gasteiger partial charge < -0.3 is 14.5 Å². The molecule has 2 bridgehead atoms. The molecule has 0 aromatic carbocycles. The van der Waals surface area contributed by atoms with E-state index in [4.69, 9.17) is 9.52 Å². The number of thiazole rings is 1. The number of fused-ring (bicyclic) bond motifs is 9. The average Bonchev–Trinajstić information content (AvgIpc) is 3.57. The molecule has 10 heteroatoms. The maximum Gasteiger partial charge on any atom is 0.305 e. The zero-order chi connectivity index (χ0) is 22.9. The minimum atomic E-state index is -0.824. The van der Waals surface area contributed by atoms with Gasteiger partial charge >= 0.3 is 10.8 Å². The zero-order valence-corrected chi connectivity index (χ0v) is 19.4. The van der Waals surface area contributed by atoms with Crippen molar-refractivity contribution in [2.45, 2.75) is 48.3 Å². The van der Waals surface area contributed by atoms with Gasteiger partial charge in [-0.15, -0.1) is 11.8 Å². The molecule has 4 heterocycles. The molecule has 2 saturated carbocycles. The fourth-order valence-electron chi connectivity index (χ4n) is 6.81. The topological polar surface area (TPSA) is 121 Å². The molecule has 2 aromatic heterocycles. The molecule has 2 aliphatic carbocycles. The number of aromatic nitrogens is 1. The smallest absolute Gasteiger partial charge is 0.305 e. The maximum absolute atomic E-state index is 13.4. The normalized spacial score (nSPS) is 33.9. The summed E-state index contributed by atoms with van der Waals surface area (Å²) in [5, 5.41) is 9.83. The number of aliphatic carboxylic acids is 1. The Labute approximate surface area is 197 Å². The highest BCUT2D eigenvalue weighted by atomic mass is 32.2. The second kappa shape index (κ2) is 7.87. The number of nitrogens with zero attached hydrogens (tertiary/aromatic N) is 1. The van der Waals surface area contributed by atoms with Crippen LogP contribution in [-0.2, 0) is 14.4 Å². The van der Waals surface area contributed by atoms with Gasteiger partial charge in [-0.05, 0) is 49.1 Å². The Morgan fingerprint density at radius 2 is 1.94 bits per heavy atom. The predicted molar refractivity (Wildman–Crippen MR) is 120 cm³/mol. The minimum absolute atomic E-state index is 0.0612. The third-order valence-electron chi connectivity index (χ3n) is 7.94. The second-order valence-electron chi connectivity index (χ2n) is 9.51. The summed E-state index contributed by atoms with van der Waals surface area (Å²) < 4.78 is 5.81. The van der Waals surface area contributed by atoms with Crippen molar-refractivity contribution in [2.75, 3.05) is 6.54 Å². The van der Waals surface area contributed by atoms with Gasteiger partial charge in [-0.2, -0.15) is 0 Å². The number of rotatable bonds is 7. The van der Waals surface area contributed by atoms with Gasteiger partial charge in [-0.1, -0.05) is 17.8 Å². The first kappa shape index (κ1) is 21.2. The van der Waals surface area contributed by atoms with E-state index in [2.05, 4.69) is 4.98 Å². The highest BCUT2D eigenvalue weighted by Crippen LogP contribution is 2.68. The Morgan fingerprint density at radius 1 is 1.15 bits per heavy atom. The first-order valence-electron chi connectivity index (χ1n) is 11.5. The van der Waals surface area contributed by atoms with E-state index in [0.29, 0.717) is 25.8 Å². The van der Waals surface area contributed by atoms with E-state index in [1.54, 1.807) is 18.0 Å². The van der Waals surface area contributed by atoms with Crippen molar-refractivity contribution >= 4 is 40.9 Å². The van der Waals surface area contributed by atoms with Crippen molar-refractivity contribution in [3.05, 3.63) is 38.7 Å². The zero-order valence-electron chi connectivity index (χ0n) is 17.8. The lowest BCUT2D eigenvalue weighted by atomic mass is 9.69. The molecule has 3 fully saturated rings. The number of likely N-dealkylation sites (tertiary alicyclic amines) is 1. The molecule has 1 saturated heterocycles. The van der Waals surface area contributed by atoms with Crippen molar-refractivity contribution in [3.8, 4) is 0 Å². The third kappa shape index (κ3) is 3.17. The van der Waals surface area contributed by atoms with E-state index >= 15 is 0 Å². The van der Waals surface area contributed by atoms with Crippen LogP contribution >= 0.6 is 23.1 Å². The number of unbranched alkanes of at least 4 members (excludes halogenated alkanes) is 2. The summed E-state index contributed by atoms with van der Waals surface area (Å²) in [6.07, 6.45) is 4.48. The number of carbonyl (C=O) groups excluding carboxylic acids is 2. The van der Waals surface area contributed by atoms with Crippen LogP contribution in [0.4, 0.5) is 0 Å². The van der Waals surface area contributed by atoms with Crippen molar-refractivity contribution in [2.24, 2.45) is 29.6 Å². The fraction of sp³-hybridized carbons (Fsp3) is 0.565. The van der Waals surface area contributed by atoms with Crippen LogP contribution in [-0.4, -0.2) is 44.6 Å². The third-order valence-corrected chi connectivity index (χ3v) is 10.5. The molecule has 4 aliphatic rings. The van der Waals surface area contributed by atoms with Gasteiger partial charge in [0.25, 0.3) is 0 Å². The number of hydrogen-bond donors (Lipinski definition) is 2. The van der Waals surface area contributed by atoms with Gasteiger partial charge in [0.2, 0.25) is 11.8 Å². The Bertz CT molecular complexity index is 1170. The lowest BCUT2D eigenvalue weighted by Crippen LogP contribution is -2.42. The van der Waals surface area contributed by atoms with E-state index in [0.717, 1.165) is 22.1 Å². The molecule has 8 nitrogen and oxygen atoms in total. The van der Waals surface area contributed by atoms with Crippen LogP contribution in [0.5, 0.6) is 0 Å². The molecule has 2 aromatic rings. The van der Waals surface area contributed by atoms with Crippen molar-refractivity contribution in [3.63, 3.8) is 0 Å². The number of aromatic amines is 1. The summed E-state index contributed by atoms with van der Waals surface area (Å²) in [5.41, 5.74) is 0. The lowest BCUT2D eigenvalue weighted by Gasteiger charge is -2.42. The SMILES string of the molecule is O=C(O)CCCCCN1C(=O)C2C3CC(C2C1=O)C1C(c2ccco2)c2sc(=O)[nH]c2SC31. The molecular weight excluding hydrogens is 464 g/mol. The Balaban J connectivity index is 1.27. The van der Waals surface area contributed by atoms with Crippen LogP contribution in [0, 0.1) is 29.6 Å². The molecule has 2 N–H and O–H groups in total. The van der Waals surface area contributed by atoms with E-state index in [9.17, 15) is 19.2 Å². The number of imide groups is 1. The first-order valence-corrected chi connectivity index (χ1v) is 13.2. The van der Waals surface area contributed by atoms with Crippen molar-refractivity contribution in [1.82, 2.24) is 9.88 Å². The van der Waals surface area contributed by atoms with E-state index in [-0.39, 0.29) is 63.9 Å². The number of hydrogen-bond acceptors (Lipinski definition) is 7. The molecular formula is C23H24N2O6S2. The number of amides is 2. The van der Waals surface area contributed by atoms with Crippen molar-refractivity contribution in [1.29, 1.82) is 0 Å². The van der Waals surface area contributed by atoms with Gasteiger partial charge in [-0.25, -0.2) is 0 Å². The summed E-state index contributed by atoms with van der Waals surface area (Å²) in [7, 11) is 0. The molecule has 7 unspecified atom stereocenters. The van der Waals surface area contributed by atoms with Gasteiger partial charge in [-0.3, -0.25) is 24.1 Å². The highest BCUT2D eigenvalue weighted by molar-refractivity contribution is 8.00. The monoisotopic (exact) mass is 488 g/mol. The fourth-order valence-corrected chi connectivity index (χ4v) is 9.68. The van der Waals surface area contributed by atoms with Crippen LogP contribution in [0.25, 0.3) is 0 Å². The number of furan rings is 1. The van der Waals surface area contributed by atoms with Gasteiger partial charge in [0.1, 0.15) is 5.76 Å². The summed E-state index contributed by atoms with van der Waals surface area (Å²) in [5.74, 6) is -0.429. The number of carbonyl (C=O) groups is 3. The minimum Gasteiger partial charge on any atom is -0.481 e. The van der Waals surface area contributed by atoms with E-state index in [1.807, 2.05) is 12.1 Å². The van der Waals surface area contributed by atoms with Gasteiger partial charge in [0, 0.05) is 18.2 Å². The number of carboxylic acids is 1. The predicted octanol–water partition coefficient (Wildman–Crippen LogP) is 3.15. The largest absolute Gasteiger partial charge is 0.481 e. The maximum atomic E-state index is 13.4. The summed E-state index contributed by atoms with van der Waals surface area (Å²) in [4.78, 5) is 54.9. The van der Waals surface area contributed by atoms with Crippen LogP contribution in [0.15, 0.2) is 32.6 Å². The van der Waals surface area contributed by atoms with Crippen LogP contribution < -0.4 is 4.87 Å². The van der Waals surface area contributed by atoms with Crippen LogP contribution in [0.1, 0.15) is 48.7 Å². The van der Waals surface area contributed by atoms with Crippen LogP contribution in [0.2, 0.25) is 0 Å². The second-order valence-corrected chi connectivity index (χ2v) is 11.7. The first-order chi connectivity index (χ1) is 16.0. The molecule has 7 atom stereocenters. The molecule has 2 amide bonds. The van der Waals surface area contributed by atoms with Crippen molar-refractivity contribution < 1.29 is 23.9 Å². The van der Waals surface area contributed by atoms with Gasteiger partial charge in [0.15, 0.2) is 0 Å². The molecule has 0 radical (unpaired) electrons. The lowest BCUT2D eigenvalue weighted by molar-refractivity contribution is -0.141.